The van der Waals surface area contributed by atoms with E-state index in [9.17, 15) is 9.59 Å². The molecule has 0 atom stereocenters. The largest absolute Gasteiger partial charge is 0.492 e. The molecule has 3 rings (SSSR count). The molecule has 0 fully saturated rings. The molecule has 6 nitrogen and oxygen atoms in total. The molecule has 152 valence electrons. The highest BCUT2D eigenvalue weighted by molar-refractivity contribution is 9.10. The number of amides is 1. The van der Waals surface area contributed by atoms with E-state index in [0.29, 0.717) is 40.6 Å². The van der Waals surface area contributed by atoms with Crippen LogP contribution in [-0.2, 0) is 11.3 Å². The second-order valence-electron chi connectivity index (χ2n) is 6.28. The van der Waals surface area contributed by atoms with E-state index in [1.807, 2.05) is 38.1 Å². The van der Waals surface area contributed by atoms with Crippen LogP contribution in [-0.4, -0.2) is 27.8 Å². The fourth-order valence-electron chi connectivity index (χ4n) is 2.87. The Kier molecular flexibility index (Phi) is 7.33. The van der Waals surface area contributed by atoms with Gasteiger partial charge in [0.25, 0.3) is 5.56 Å². The first-order valence-corrected chi connectivity index (χ1v) is 11.2. The van der Waals surface area contributed by atoms with Gasteiger partial charge in [-0.2, -0.15) is 0 Å². The van der Waals surface area contributed by atoms with Crippen molar-refractivity contribution in [1.82, 2.24) is 9.55 Å². The number of thioether (sulfide) groups is 1. The molecule has 1 heterocycles. The SMILES string of the molecule is CCCn1c(SCC(=O)Nc2ccccc2OCC)nc2ccc(Br)cc2c1=O. The molecule has 0 aliphatic carbocycles. The molecule has 0 radical (unpaired) electrons. The predicted octanol–water partition coefficient (Wildman–Crippen LogP) is 4.70. The number of carbonyl (C=O) groups excluding carboxylic acids is 1. The van der Waals surface area contributed by atoms with Crippen LogP contribution in [0.4, 0.5) is 5.69 Å². The van der Waals surface area contributed by atoms with Gasteiger partial charge in [0, 0.05) is 11.0 Å². The fourth-order valence-corrected chi connectivity index (χ4v) is 4.06. The summed E-state index contributed by atoms with van der Waals surface area (Å²) in [6.07, 6.45) is 0.794. The monoisotopic (exact) mass is 475 g/mol. The second-order valence-corrected chi connectivity index (χ2v) is 8.14. The molecule has 29 heavy (non-hydrogen) atoms. The molecule has 0 saturated heterocycles. The van der Waals surface area contributed by atoms with Crippen molar-refractivity contribution in [2.45, 2.75) is 32.0 Å². The number of benzene rings is 2. The van der Waals surface area contributed by atoms with E-state index in [0.717, 1.165) is 10.9 Å². The molecule has 1 aromatic heterocycles. The number of ether oxygens (including phenoxy) is 1. The number of para-hydroxylation sites is 2. The number of hydrogen-bond acceptors (Lipinski definition) is 5. The highest BCUT2D eigenvalue weighted by atomic mass is 79.9. The number of carbonyl (C=O) groups is 1. The van der Waals surface area contributed by atoms with Gasteiger partial charge in [-0.05, 0) is 43.7 Å². The van der Waals surface area contributed by atoms with Gasteiger partial charge in [-0.1, -0.05) is 46.7 Å². The number of aromatic nitrogens is 2. The Bertz CT molecular complexity index is 1080. The van der Waals surface area contributed by atoms with Crippen molar-refractivity contribution in [3.63, 3.8) is 0 Å². The predicted molar refractivity (Wildman–Crippen MR) is 121 cm³/mol. The number of rotatable bonds is 8. The second kappa shape index (κ2) is 9.93. The first-order chi connectivity index (χ1) is 14.0. The van der Waals surface area contributed by atoms with E-state index in [1.54, 1.807) is 22.8 Å². The Morgan fingerprint density at radius 1 is 1.24 bits per heavy atom. The Hall–Kier alpha value is -2.32. The zero-order valence-corrected chi connectivity index (χ0v) is 18.7. The molecule has 0 spiro atoms. The standard InChI is InChI=1S/C21H22BrN3O3S/c1-3-11-25-20(27)15-12-14(22)9-10-16(15)24-21(25)29-13-19(26)23-17-7-5-6-8-18(17)28-4-2/h5-10,12H,3-4,11,13H2,1-2H3,(H,23,26). The normalized spacial score (nSPS) is 10.9. The van der Waals surface area contributed by atoms with E-state index < -0.39 is 0 Å². The van der Waals surface area contributed by atoms with E-state index in [1.165, 1.54) is 11.8 Å². The van der Waals surface area contributed by atoms with E-state index in [2.05, 4.69) is 26.2 Å². The molecule has 0 bridgehead atoms. The summed E-state index contributed by atoms with van der Waals surface area (Å²) in [5, 5.41) is 3.97. The fraction of sp³-hybridized carbons (Fsp3) is 0.286. The Balaban J connectivity index is 1.81. The highest BCUT2D eigenvalue weighted by Crippen LogP contribution is 2.25. The van der Waals surface area contributed by atoms with Gasteiger partial charge in [0.2, 0.25) is 5.91 Å². The number of nitrogens with one attached hydrogen (secondary N) is 1. The lowest BCUT2D eigenvalue weighted by Crippen LogP contribution is -2.24. The molecular weight excluding hydrogens is 454 g/mol. The van der Waals surface area contributed by atoms with Gasteiger partial charge >= 0.3 is 0 Å². The summed E-state index contributed by atoms with van der Waals surface area (Å²) in [5.74, 6) is 0.583. The van der Waals surface area contributed by atoms with E-state index in [-0.39, 0.29) is 17.2 Å². The maximum absolute atomic E-state index is 12.9. The Morgan fingerprint density at radius 2 is 2.03 bits per heavy atom. The number of fused-ring (bicyclic) bond motifs is 1. The third kappa shape index (κ3) is 5.19. The number of anilines is 1. The zero-order valence-electron chi connectivity index (χ0n) is 16.3. The molecule has 8 heteroatoms. The lowest BCUT2D eigenvalue weighted by molar-refractivity contribution is -0.113. The summed E-state index contributed by atoms with van der Waals surface area (Å²) in [4.78, 5) is 30.0. The molecule has 1 amide bonds. The summed E-state index contributed by atoms with van der Waals surface area (Å²) >= 11 is 4.66. The van der Waals surface area contributed by atoms with Crippen LogP contribution >= 0.6 is 27.7 Å². The summed E-state index contributed by atoms with van der Waals surface area (Å²) < 4.78 is 8.01. The van der Waals surface area contributed by atoms with Crippen LogP contribution in [0.25, 0.3) is 10.9 Å². The van der Waals surface area contributed by atoms with Crippen LogP contribution in [0.2, 0.25) is 0 Å². The molecule has 0 unspecified atom stereocenters. The number of nitrogens with zero attached hydrogens (tertiary/aromatic N) is 2. The van der Waals surface area contributed by atoms with Crippen LogP contribution in [0, 0.1) is 0 Å². The number of halogens is 1. The maximum Gasteiger partial charge on any atom is 0.262 e. The van der Waals surface area contributed by atoms with Crippen LogP contribution in [0.3, 0.4) is 0 Å². The smallest absolute Gasteiger partial charge is 0.262 e. The molecular formula is C21H22BrN3O3S. The topological polar surface area (TPSA) is 73.2 Å². The van der Waals surface area contributed by atoms with Gasteiger partial charge in [-0.3, -0.25) is 14.2 Å². The van der Waals surface area contributed by atoms with E-state index in [4.69, 9.17) is 4.74 Å². The number of hydrogen-bond donors (Lipinski definition) is 1. The van der Waals surface area contributed by atoms with Crippen molar-refractivity contribution in [2.75, 3.05) is 17.7 Å². The van der Waals surface area contributed by atoms with Crippen molar-refractivity contribution >= 4 is 50.2 Å². The lowest BCUT2D eigenvalue weighted by atomic mass is 10.2. The third-order valence-corrected chi connectivity index (χ3v) is 5.59. The molecule has 0 aliphatic rings. The molecule has 3 aromatic rings. The van der Waals surface area contributed by atoms with Gasteiger partial charge in [0.15, 0.2) is 5.16 Å². The minimum atomic E-state index is -0.185. The Labute approximate surface area is 181 Å². The molecule has 0 saturated carbocycles. The van der Waals surface area contributed by atoms with Gasteiger partial charge in [0.05, 0.1) is 29.0 Å². The molecule has 1 N–H and O–H groups in total. The first kappa shape index (κ1) is 21.4. The van der Waals surface area contributed by atoms with Crippen LogP contribution < -0.4 is 15.6 Å². The van der Waals surface area contributed by atoms with Gasteiger partial charge < -0.3 is 10.1 Å². The summed E-state index contributed by atoms with van der Waals surface area (Å²) in [6, 6.07) is 12.7. The van der Waals surface area contributed by atoms with Gasteiger partial charge in [-0.25, -0.2) is 4.98 Å². The van der Waals surface area contributed by atoms with Crippen molar-refractivity contribution in [3.05, 3.63) is 57.3 Å². The average molecular weight is 476 g/mol. The van der Waals surface area contributed by atoms with Gasteiger partial charge in [-0.15, -0.1) is 0 Å². The van der Waals surface area contributed by atoms with Crippen molar-refractivity contribution in [1.29, 1.82) is 0 Å². The lowest BCUT2D eigenvalue weighted by Gasteiger charge is -2.13. The van der Waals surface area contributed by atoms with E-state index >= 15 is 0 Å². The Morgan fingerprint density at radius 3 is 2.79 bits per heavy atom. The van der Waals surface area contributed by atoms with Crippen molar-refractivity contribution in [3.8, 4) is 5.75 Å². The molecule has 2 aromatic carbocycles. The summed E-state index contributed by atoms with van der Waals surface area (Å²) in [5.41, 5.74) is 1.15. The molecule has 0 aliphatic heterocycles. The van der Waals surface area contributed by atoms with Crippen molar-refractivity contribution < 1.29 is 9.53 Å². The third-order valence-electron chi connectivity index (χ3n) is 4.12. The average Bonchev–Trinajstić information content (AvgIpc) is 2.71. The van der Waals surface area contributed by atoms with Crippen LogP contribution in [0.5, 0.6) is 5.75 Å². The highest BCUT2D eigenvalue weighted by Gasteiger charge is 2.14. The van der Waals surface area contributed by atoms with Crippen LogP contribution in [0.15, 0.2) is 56.9 Å². The summed E-state index contributed by atoms with van der Waals surface area (Å²) in [6.45, 7) is 4.96. The minimum Gasteiger partial charge on any atom is -0.492 e. The zero-order chi connectivity index (χ0) is 20.8. The summed E-state index contributed by atoms with van der Waals surface area (Å²) in [7, 11) is 0. The van der Waals surface area contributed by atoms with Crippen molar-refractivity contribution in [2.24, 2.45) is 0 Å². The van der Waals surface area contributed by atoms with Crippen LogP contribution in [0.1, 0.15) is 20.3 Å². The quantitative estimate of drug-likeness (QED) is 0.377. The maximum atomic E-state index is 12.9. The first-order valence-electron chi connectivity index (χ1n) is 9.38. The minimum absolute atomic E-state index is 0.0947. The van der Waals surface area contributed by atoms with Gasteiger partial charge in [0.1, 0.15) is 5.75 Å².